The Morgan fingerprint density at radius 1 is 1.25 bits per heavy atom. The summed E-state index contributed by atoms with van der Waals surface area (Å²) in [5, 5.41) is 7.50. The number of carbonyl (C=O) groups excluding carboxylic acids is 1. The van der Waals surface area contributed by atoms with Gasteiger partial charge in [-0.15, -0.1) is 0 Å². The second-order valence-electron chi connectivity index (χ2n) is 7.31. The number of ether oxygens (including phenoxy) is 1. The molecule has 0 radical (unpaired) electrons. The van der Waals surface area contributed by atoms with Gasteiger partial charge >= 0.3 is 0 Å². The van der Waals surface area contributed by atoms with Crippen LogP contribution in [0.15, 0.2) is 41.6 Å². The van der Waals surface area contributed by atoms with Gasteiger partial charge in [0.05, 0.1) is 24.3 Å². The van der Waals surface area contributed by atoms with E-state index in [2.05, 4.69) is 27.3 Å². The predicted molar refractivity (Wildman–Crippen MR) is 105 cm³/mol. The van der Waals surface area contributed by atoms with E-state index in [-0.39, 0.29) is 24.2 Å². The molecule has 2 heterocycles. The summed E-state index contributed by atoms with van der Waals surface area (Å²) in [4.78, 5) is 30.6. The Labute approximate surface area is 161 Å². The summed E-state index contributed by atoms with van der Waals surface area (Å²) in [5.74, 6) is 0.594. The van der Waals surface area contributed by atoms with Crippen LogP contribution in [-0.4, -0.2) is 38.4 Å². The summed E-state index contributed by atoms with van der Waals surface area (Å²) in [6, 6.07) is 7.20. The fraction of sp³-hybridized carbons (Fsp3) is 0.400. The molecule has 0 unspecified atom stereocenters. The maximum atomic E-state index is 12.1. The largest absolute Gasteiger partial charge is 0.368 e. The molecule has 0 atom stereocenters. The second-order valence-corrected chi connectivity index (χ2v) is 7.31. The first-order valence-corrected chi connectivity index (χ1v) is 9.53. The van der Waals surface area contributed by atoms with E-state index in [9.17, 15) is 9.59 Å². The summed E-state index contributed by atoms with van der Waals surface area (Å²) >= 11 is 0. The lowest BCUT2D eigenvalue weighted by Gasteiger charge is -2.25. The normalized spacial score (nSPS) is 19.6. The van der Waals surface area contributed by atoms with Gasteiger partial charge in [-0.3, -0.25) is 9.59 Å². The Morgan fingerprint density at radius 2 is 2.00 bits per heavy atom. The minimum Gasteiger partial charge on any atom is -0.368 e. The summed E-state index contributed by atoms with van der Waals surface area (Å²) in [7, 11) is 0. The fourth-order valence-electron chi connectivity index (χ4n) is 3.52. The molecule has 8 nitrogen and oxygen atoms in total. The number of carbonyl (C=O) groups is 1. The van der Waals surface area contributed by atoms with Crippen molar-refractivity contribution in [2.45, 2.75) is 38.7 Å². The van der Waals surface area contributed by atoms with Crippen LogP contribution < -0.4 is 10.9 Å². The van der Waals surface area contributed by atoms with Gasteiger partial charge in [0, 0.05) is 5.69 Å². The smallest absolute Gasteiger partial charge is 0.261 e. The van der Waals surface area contributed by atoms with Crippen LogP contribution >= 0.6 is 0 Å². The van der Waals surface area contributed by atoms with Crippen LogP contribution in [0.3, 0.4) is 0 Å². The molecule has 28 heavy (non-hydrogen) atoms. The van der Waals surface area contributed by atoms with Crippen molar-refractivity contribution in [1.29, 1.82) is 0 Å². The maximum Gasteiger partial charge on any atom is 0.261 e. The highest BCUT2D eigenvalue weighted by atomic mass is 16.5. The lowest BCUT2D eigenvalue weighted by molar-refractivity contribution is -0.123. The molecule has 4 rings (SSSR count). The van der Waals surface area contributed by atoms with Crippen LogP contribution in [-0.2, 0) is 9.53 Å². The quantitative estimate of drug-likeness (QED) is 0.707. The summed E-state index contributed by atoms with van der Waals surface area (Å²) in [5.41, 5.74) is 1.68. The van der Waals surface area contributed by atoms with Crippen molar-refractivity contribution in [2.24, 2.45) is 5.92 Å². The van der Waals surface area contributed by atoms with Crippen molar-refractivity contribution in [3.8, 4) is 5.69 Å². The van der Waals surface area contributed by atoms with Crippen molar-refractivity contribution in [3.05, 3.63) is 47.1 Å². The van der Waals surface area contributed by atoms with E-state index in [0.29, 0.717) is 16.7 Å². The highest BCUT2D eigenvalue weighted by Gasteiger charge is 2.19. The first kappa shape index (κ1) is 18.4. The zero-order valence-electron chi connectivity index (χ0n) is 15.7. The van der Waals surface area contributed by atoms with Crippen LogP contribution in [0.1, 0.15) is 32.6 Å². The number of nitrogens with zero attached hydrogens (tertiary/aromatic N) is 3. The summed E-state index contributed by atoms with van der Waals surface area (Å²) in [6.45, 7) is 2.32. The number of H-pyrrole nitrogens is 1. The van der Waals surface area contributed by atoms with Gasteiger partial charge in [-0.2, -0.15) is 5.10 Å². The number of nitrogens with one attached hydrogen (secondary N) is 2. The molecule has 1 aliphatic rings. The van der Waals surface area contributed by atoms with Gasteiger partial charge in [0.15, 0.2) is 5.65 Å². The topological polar surface area (TPSA) is 102 Å². The zero-order valence-corrected chi connectivity index (χ0v) is 15.7. The molecule has 2 N–H and O–H groups in total. The molecule has 3 aromatic rings. The first-order valence-electron chi connectivity index (χ1n) is 9.53. The van der Waals surface area contributed by atoms with Crippen molar-refractivity contribution in [1.82, 2.24) is 19.7 Å². The number of fused-ring (bicyclic) bond motifs is 1. The second kappa shape index (κ2) is 7.93. The van der Waals surface area contributed by atoms with E-state index < -0.39 is 0 Å². The summed E-state index contributed by atoms with van der Waals surface area (Å²) in [6.07, 6.45) is 7.40. The molecule has 0 spiro atoms. The average Bonchev–Trinajstić information content (AvgIpc) is 3.14. The molecular weight excluding hydrogens is 358 g/mol. The molecule has 1 saturated carbocycles. The molecule has 2 aromatic heterocycles. The van der Waals surface area contributed by atoms with Crippen LogP contribution in [0.25, 0.3) is 16.7 Å². The molecular formula is C20H23N5O3. The number of rotatable bonds is 5. The molecule has 0 saturated heterocycles. The van der Waals surface area contributed by atoms with Crippen molar-refractivity contribution in [2.75, 3.05) is 11.9 Å². The van der Waals surface area contributed by atoms with E-state index in [1.54, 1.807) is 16.8 Å². The number of amides is 1. The highest BCUT2D eigenvalue weighted by molar-refractivity contribution is 5.91. The van der Waals surface area contributed by atoms with Gasteiger partial charge in [0.25, 0.3) is 5.56 Å². The minimum atomic E-state index is -0.229. The SMILES string of the molecule is CC1CCC(OCC(=O)Nc2ccc(-n3ncc4c(=O)[nH]cnc43)cc2)CC1. The third-order valence-corrected chi connectivity index (χ3v) is 5.18. The van der Waals surface area contributed by atoms with Crippen molar-refractivity contribution >= 4 is 22.6 Å². The van der Waals surface area contributed by atoms with E-state index in [1.807, 2.05) is 12.1 Å². The third kappa shape index (κ3) is 3.96. The molecule has 8 heteroatoms. The van der Waals surface area contributed by atoms with E-state index in [4.69, 9.17) is 4.74 Å². The third-order valence-electron chi connectivity index (χ3n) is 5.18. The Hall–Kier alpha value is -3.00. The minimum absolute atomic E-state index is 0.0668. The molecule has 0 aliphatic heterocycles. The number of hydrogen-bond donors (Lipinski definition) is 2. The molecule has 1 aromatic carbocycles. The van der Waals surface area contributed by atoms with Crippen LogP contribution in [0.2, 0.25) is 0 Å². The molecule has 0 bridgehead atoms. The van der Waals surface area contributed by atoms with E-state index in [0.717, 1.165) is 37.3 Å². The molecule has 146 valence electrons. The van der Waals surface area contributed by atoms with Gasteiger partial charge < -0.3 is 15.0 Å². The average molecular weight is 381 g/mol. The monoisotopic (exact) mass is 381 g/mol. The predicted octanol–water partition coefficient (Wildman–Crippen LogP) is 2.64. The molecule has 1 amide bonds. The number of aromatic nitrogens is 4. The van der Waals surface area contributed by atoms with Gasteiger partial charge in [-0.1, -0.05) is 6.92 Å². The van der Waals surface area contributed by atoms with Gasteiger partial charge in [-0.25, -0.2) is 9.67 Å². The number of hydrogen-bond acceptors (Lipinski definition) is 5. The standard InChI is InChI=1S/C20H23N5O3/c1-13-2-8-16(9-3-13)28-11-18(26)24-14-4-6-15(7-5-14)25-19-17(10-23-25)20(27)22-12-21-19/h4-7,10,12-13,16H,2-3,8-9,11H2,1H3,(H,24,26)(H,21,22,27). The Kier molecular flexibility index (Phi) is 5.21. The van der Waals surface area contributed by atoms with Crippen LogP contribution in [0.5, 0.6) is 0 Å². The van der Waals surface area contributed by atoms with Crippen LogP contribution in [0.4, 0.5) is 5.69 Å². The van der Waals surface area contributed by atoms with Gasteiger partial charge in [0.2, 0.25) is 5.91 Å². The Morgan fingerprint density at radius 3 is 2.75 bits per heavy atom. The zero-order chi connectivity index (χ0) is 19.5. The van der Waals surface area contributed by atoms with Gasteiger partial charge in [0.1, 0.15) is 12.0 Å². The molecule has 1 aliphatic carbocycles. The van der Waals surface area contributed by atoms with Crippen molar-refractivity contribution in [3.63, 3.8) is 0 Å². The number of anilines is 1. The Balaban J connectivity index is 1.37. The van der Waals surface area contributed by atoms with E-state index >= 15 is 0 Å². The van der Waals surface area contributed by atoms with Crippen LogP contribution in [0, 0.1) is 5.92 Å². The van der Waals surface area contributed by atoms with Crippen molar-refractivity contribution < 1.29 is 9.53 Å². The first-order chi connectivity index (χ1) is 13.6. The number of benzene rings is 1. The highest BCUT2D eigenvalue weighted by Crippen LogP contribution is 2.25. The number of aromatic amines is 1. The maximum absolute atomic E-state index is 12.1. The Bertz CT molecular complexity index is 1020. The van der Waals surface area contributed by atoms with Gasteiger partial charge in [-0.05, 0) is 55.9 Å². The molecule has 1 fully saturated rings. The summed E-state index contributed by atoms with van der Waals surface area (Å²) < 4.78 is 7.33. The fourth-order valence-corrected chi connectivity index (χ4v) is 3.52. The lowest BCUT2D eigenvalue weighted by Crippen LogP contribution is -2.26. The lowest BCUT2D eigenvalue weighted by atomic mass is 9.89. The van der Waals surface area contributed by atoms with E-state index in [1.165, 1.54) is 12.5 Å².